The van der Waals surface area contributed by atoms with Gasteiger partial charge in [0.25, 0.3) is 0 Å². The van der Waals surface area contributed by atoms with Crippen molar-refractivity contribution in [2.75, 3.05) is 6.54 Å². The van der Waals surface area contributed by atoms with Crippen LogP contribution in [0.2, 0.25) is 0 Å². The standard InChI is InChI=1S/C12H15ClNOP/c13-16-14-8-4-7-11(14)9-12(15-16)10-5-2-1-3-6-10/h1-3,5-6,11-12H,4,7-9H2/t11-,12-,16?/m0/s1. The van der Waals surface area contributed by atoms with Crippen molar-refractivity contribution in [3.63, 3.8) is 0 Å². The van der Waals surface area contributed by atoms with Crippen molar-refractivity contribution >= 4 is 18.9 Å². The van der Waals surface area contributed by atoms with Gasteiger partial charge in [-0.3, -0.25) is 0 Å². The van der Waals surface area contributed by atoms with Crippen LogP contribution in [0.25, 0.3) is 0 Å². The number of benzene rings is 1. The Labute approximate surface area is 102 Å². The lowest BCUT2D eigenvalue weighted by atomic mass is 10.0. The summed E-state index contributed by atoms with van der Waals surface area (Å²) in [4.78, 5) is 0. The number of hydrogen-bond acceptors (Lipinski definition) is 2. The Hall–Kier alpha value is -0.140. The zero-order chi connectivity index (χ0) is 11.0. The zero-order valence-electron chi connectivity index (χ0n) is 9.05. The van der Waals surface area contributed by atoms with Gasteiger partial charge in [-0.15, -0.1) is 0 Å². The molecule has 2 fully saturated rings. The van der Waals surface area contributed by atoms with Crippen molar-refractivity contribution in [1.82, 2.24) is 4.67 Å². The molecule has 0 amide bonds. The van der Waals surface area contributed by atoms with Gasteiger partial charge in [-0.1, -0.05) is 30.3 Å². The van der Waals surface area contributed by atoms with Gasteiger partial charge in [0.1, 0.15) is 0 Å². The predicted molar refractivity (Wildman–Crippen MR) is 67.4 cm³/mol. The van der Waals surface area contributed by atoms with E-state index in [1.807, 2.05) is 6.07 Å². The average molecular weight is 256 g/mol. The number of hydrogen-bond donors (Lipinski definition) is 0. The zero-order valence-corrected chi connectivity index (χ0v) is 10.7. The van der Waals surface area contributed by atoms with E-state index in [-0.39, 0.29) is 6.10 Å². The maximum atomic E-state index is 6.33. The summed E-state index contributed by atoms with van der Waals surface area (Å²) in [6.07, 6.45) is 3.83. The minimum absolute atomic E-state index is 0.198. The van der Waals surface area contributed by atoms with Crippen molar-refractivity contribution in [2.45, 2.75) is 31.4 Å². The van der Waals surface area contributed by atoms with Crippen LogP contribution in [0.4, 0.5) is 0 Å². The van der Waals surface area contributed by atoms with E-state index in [1.165, 1.54) is 18.4 Å². The third-order valence-electron chi connectivity index (χ3n) is 3.42. The van der Waals surface area contributed by atoms with E-state index in [2.05, 4.69) is 28.9 Å². The van der Waals surface area contributed by atoms with E-state index in [0.29, 0.717) is 6.04 Å². The fourth-order valence-corrected chi connectivity index (χ4v) is 4.78. The fourth-order valence-electron chi connectivity index (χ4n) is 2.59. The van der Waals surface area contributed by atoms with Crippen LogP contribution in [0.3, 0.4) is 0 Å². The first-order valence-electron chi connectivity index (χ1n) is 5.79. The highest BCUT2D eigenvalue weighted by atomic mass is 35.7. The van der Waals surface area contributed by atoms with Crippen molar-refractivity contribution < 1.29 is 4.52 Å². The molecule has 0 aliphatic carbocycles. The summed E-state index contributed by atoms with van der Waals surface area (Å²) in [6.45, 7) is 1.11. The van der Waals surface area contributed by atoms with Crippen LogP contribution < -0.4 is 0 Å². The Morgan fingerprint density at radius 1 is 1.31 bits per heavy atom. The molecule has 1 aromatic carbocycles. The second kappa shape index (κ2) is 4.62. The predicted octanol–water partition coefficient (Wildman–Crippen LogP) is 4.08. The molecule has 86 valence electrons. The quantitative estimate of drug-likeness (QED) is 0.701. The van der Waals surface area contributed by atoms with Gasteiger partial charge in [0, 0.05) is 12.6 Å². The summed E-state index contributed by atoms with van der Waals surface area (Å²) in [7, 11) is -0.889. The lowest BCUT2D eigenvalue weighted by Crippen LogP contribution is -2.31. The Kier molecular flexibility index (Phi) is 3.17. The molecule has 4 heteroatoms. The minimum atomic E-state index is -0.889. The second-order valence-electron chi connectivity index (χ2n) is 4.43. The van der Waals surface area contributed by atoms with E-state index in [9.17, 15) is 0 Å². The van der Waals surface area contributed by atoms with Gasteiger partial charge in [-0.25, -0.2) is 4.67 Å². The Morgan fingerprint density at radius 2 is 2.12 bits per heavy atom. The van der Waals surface area contributed by atoms with Crippen molar-refractivity contribution in [3.05, 3.63) is 35.9 Å². The maximum Gasteiger partial charge on any atom is 0.207 e. The van der Waals surface area contributed by atoms with Crippen LogP contribution in [0.15, 0.2) is 30.3 Å². The van der Waals surface area contributed by atoms with Gasteiger partial charge in [-0.2, -0.15) is 0 Å². The van der Waals surface area contributed by atoms with E-state index in [4.69, 9.17) is 15.8 Å². The Bertz CT molecular complexity index is 361. The molecule has 3 rings (SSSR count). The van der Waals surface area contributed by atoms with Gasteiger partial charge in [0.15, 0.2) is 0 Å². The van der Waals surface area contributed by atoms with E-state index in [0.717, 1.165) is 13.0 Å². The van der Waals surface area contributed by atoms with E-state index < -0.39 is 7.65 Å². The van der Waals surface area contributed by atoms with Gasteiger partial charge < -0.3 is 4.52 Å². The molecule has 2 saturated heterocycles. The van der Waals surface area contributed by atoms with Gasteiger partial charge in [0.2, 0.25) is 7.65 Å². The van der Waals surface area contributed by atoms with E-state index >= 15 is 0 Å². The number of nitrogens with zero attached hydrogens (tertiary/aromatic N) is 1. The third-order valence-corrected chi connectivity index (χ3v) is 5.60. The largest absolute Gasteiger partial charge is 0.323 e. The van der Waals surface area contributed by atoms with Gasteiger partial charge >= 0.3 is 0 Å². The summed E-state index contributed by atoms with van der Waals surface area (Å²) in [5, 5.41) is 0. The highest BCUT2D eigenvalue weighted by Gasteiger charge is 2.39. The first kappa shape index (κ1) is 11.0. The molecule has 1 aromatic rings. The first-order chi connectivity index (χ1) is 7.84. The summed E-state index contributed by atoms with van der Waals surface area (Å²) in [5.74, 6) is 0. The first-order valence-corrected chi connectivity index (χ1v) is 7.90. The monoisotopic (exact) mass is 255 g/mol. The Balaban J connectivity index is 1.79. The highest BCUT2D eigenvalue weighted by Crippen LogP contribution is 2.59. The second-order valence-corrected chi connectivity index (χ2v) is 6.47. The molecule has 3 atom stereocenters. The molecule has 0 aromatic heterocycles. The number of rotatable bonds is 1. The minimum Gasteiger partial charge on any atom is -0.323 e. The lowest BCUT2D eigenvalue weighted by molar-refractivity contribution is 0.137. The summed E-state index contributed by atoms with van der Waals surface area (Å²) < 4.78 is 8.29. The lowest BCUT2D eigenvalue weighted by Gasteiger charge is -2.37. The van der Waals surface area contributed by atoms with Crippen molar-refractivity contribution in [3.8, 4) is 0 Å². The van der Waals surface area contributed by atoms with Gasteiger partial charge in [0.05, 0.1) is 6.10 Å². The summed E-state index contributed by atoms with van der Waals surface area (Å²) in [5.41, 5.74) is 1.27. The average Bonchev–Trinajstić information content (AvgIpc) is 2.79. The van der Waals surface area contributed by atoms with Crippen LogP contribution in [0, 0.1) is 0 Å². The summed E-state index contributed by atoms with van der Waals surface area (Å²) in [6, 6.07) is 11.1. The maximum absolute atomic E-state index is 6.33. The molecule has 0 N–H and O–H groups in total. The number of halogens is 1. The molecule has 2 heterocycles. The molecule has 1 unspecified atom stereocenters. The van der Waals surface area contributed by atoms with Crippen molar-refractivity contribution in [2.24, 2.45) is 0 Å². The Morgan fingerprint density at radius 3 is 2.94 bits per heavy atom. The van der Waals surface area contributed by atoms with Crippen LogP contribution >= 0.6 is 18.9 Å². The van der Waals surface area contributed by atoms with Gasteiger partial charge in [-0.05, 0) is 36.1 Å². The van der Waals surface area contributed by atoms with Crippen LogP contribution in [-0.4, -0.2) is 17.3 Å². The molecule has 2 aliphatic heterocycles. The normalized spacial score (nSPS) is 34.9. The molecule has 16 heavy (non-hydrogen) atoms. The third kappa shape index (κ3) is 2.00. The molecule has 2 nitrogen and oxygen atoms in total. The molecular weight excluding hydrogens is 241 g/mol. The fraction of sp³-hybridized carbons (Fsp3) is 0.500. The molecule has 2 aliphatic rings. The molecular formula is C12H15ClNOP. The van der Waals surface area contributed by atoms with E-state index in [1.54, 1.807) is 0 Å². The van der Waals surface area contributed by atoms with Crippen molar-refractivity contribution in [1.29, 1.82) is 0 Å². The summed E-state index contributed by atoms with van der Waals surface area (Å²) >= 11 is 6.33. The molecule has 0 spiro atoms. The SMILES string of the molecule is ClP1O[C@H](c2ccccc2)C[C@@H]2CCCN21. The molecule has 0 radical (unpaired) electrons. The van der Waals surface area contributed by atoms with Crippen LogP contribution in [0.1, 0.15) is 30.9 Å². The number of fused-ring (bicyclic) bond motifs is 1. The molecule has 0 saturated carbocycles. The molecule has 0 bridgehead atoms. The topological polar surface area (TPSA) is 12.5 Å². The van der Waals surface area contributed by atoms with Crippen LogP contribution in [-0.2, 0) is 4.52 Å². The smallest absolute Gasteiger partial charge is 0.207 e. The highest BCUT2D eigenvalue weighted by molar-refractivity contribution is 7.78. The van der Waals surface area contributed by atoms with Crippen LogP contribution in [0.5, 0.6) is 0 Å².